The van der Waals surface area contributed by atoms with E-state index in [0.717, 1.165) is 16.1 Å². The lowest BCUT2D eigenvalue weighted by Gasteiger charge is -2.31. The van der Waals surface area contributed by atoms with E-state index in [2.05, 4.69) is 43.9 Å². The second-order valence-corrected chi connectivity index (χ2v) is 6.41. The molecule has 2 aromatic rings. The standard InChI is InChI=1S/C13H18BrN3S/c1-16(10-5-3-2-4-6-10)12-11(9-14)17-7-8-18-13(17)15-12/h7-8,10H,2-6,9H2,1H3. The van der Waals surface area contributed by atoms with E-state index in [9.17, 15) is 0 Å². The fourth-order valence-electron chi connectivity index (χ4n) is 2.87. The molecule has 98 valence electrons. The van der Waals surface area contributed by atoms with Crippen LogP contribution in [0.2, 0.25) is 0 Å². The van der Waals surface area contributed by atoms with Crippen molar-refractivity contribution in [3.8, 4) is 0 Å². The summed E-state index contributed by atoms with van der Waals surface area (Å²) in [6.07, 6.45) is 8.85. The van der Waals surface area contributed by atoms with Crippen LogP contribution in [0.15, 0.2) is 11.6 Å². The highest BCUT2D eigenvalue weighted by Crippen LogP contribution is 2.30. The average molecular weight is 328 g/mol. The van der Waals surface area contributed by atoms with Crippen LogP contribution in [0.1, 0.15) is 37.8 Å². The number of rotatable bonds is 3. The number of halogens is 1. The Labute approximate surface area is 120 Å². The molecule has 0 aromatic carbocycles. The zero-order valence-corrected chi connectivity index (χ0v) is 13.0. The smallest absolute Gasteiger partial charge is 0.195 e. The van der Waals surface area contributed by atoms with Gasteiger partial charge in [0.25, 0.3) is 0 Å². The lowest BCUT2D eigenvalue weighted by atomic mass is 9.94. The molecule has 0 spiro atoms. The van der Waals surface area contributed by atoms with Crippen LogP contribution in [-0.2, 0) is 5.33 Å². The first-order valence-electron chi connectivity index (χ1n) is 6.54. The molecule has 0 bridgehead atoms. The van der Waals surface area contributed by atoms with Crippen molar-refractivity contribution in [2.24, 2.45) is 0 Å². The number of alkyl halides is 1. The predicted molar refractivity (Wildman–Crippen MR) is 81.0 cm³/mol. The average Bonchev–Trinajstić information content (AvgIpc) is 2.98. The highest BCUT2D eigenvalue weighted by molar-refractivity contribution is 9.08. The molecule has 0 unspecified atom stereocenters. The number of imidazole rings is 1. The highest BCUT2D eigenvalue weighted by Gasteiger charge is 2.23. The number of fused-ring (bicyclic) bond motifs is 1. The maximum atomic E-state index is 4.80. The van der Waals surface area contributed by atoms with E-state index in [1.807, 2.05) is 0 Å². The van der Waals surface area contributed by atoms with E-state index in [1.165, 1.54) is 37.8 Å². The van der Waals surface area contributed by atoms with Crippen molar-refractivity contribution >= 4 is 38.0 Å². The van der Waals surface area contributed by atoms with Crippen LogP contribution >= 0.6 is 27.3 Å². The van der Waals surface area contributed by atoms with Crippen LogP contribution in [0.3, 0.4) is 0 Å². The Kier molecular flexibility index (Phi) is 3.61. The minimum atomic E-state index is 0.668. The normalized spacial score (nSPS) is 17.4. The number of anilines is 1. The van der Waals surface area contributed by atoms with Gasteiger partial charge in [0, 0.05) is 30.0 Å². The van der Waals surface area contributed by atoms with E-state index in [-0.39, 0.29) is 0 Å². The first kappa shape index (κ1) is 12.5. The van der Waals surface area contributed by atoms with Gasteiger partial charge in [-0.2, -0.15) is 0 Å². The molecular formula is C13H18BrN3S. The van der Waals surface area contributed by atoms with Gasteiger partial charge in [0.2, 0.25) is 0 Å². The van der Waals surface area contributed by atoms with Gasteiger partial charge < -0.3 is 4.90 Å². The number of nitrogens with zero attached hydrogens (tertiary/aromatic N) is 3. The van der Waals surface area contributed by atoms with Crippen LogP contribution in [0.5, 0.6) is 0 Å². The van der Waals surface area contributed by atoms with E-state index in [1.54, 1.807) is 11.3 Å². The lowest BCUT2D eigenvalue weighted by Crippen LogP contribution is -2.34. The van der Waals surface area contributed by atoms with Gasteiger partial charge in [-0.3, -0.25) is 4.40 Å². The SMILES string of the molecule is CN(c1nc2sccn2c1CBr)C1CCCCC1. The summed E-state index contributed by atoms with van der Waals surface area (Å²) in [7, 11) is 2.20. The lowest BCUT2D eigenvalue weighted by molar-refractivity contribution is 0.426. The van der Waals surface area contributed by atoms with Gasteiger partial charge in [0.1, 0.15) is 0 Å². The Morgan fingerprint density at radius 3 is 2.94 bits per heavy atom. The maximum absolute atomic E-state index is 4.80. The van der Waals surface area contributed by atoms with E-state index in [4.69, 9.17) is 4.98 Å². The quantitative estimate of drug-likeness (QED) is 0.792. The van der Waals surface area contributed by atoms with E-state index in [0.29, 0.717) is 6.04 Å². The van der Waals surface area contributed by atoms with E-state index < -0.39 is 0 Å². The molecule has 1 aliphatic rings. The molecule has 0 atom stereocenters. The van der Waals surface area contributed by atoms with Gasteiger partial charge in [-0.15, -0.1) is 11.3 Å². The van der Waals surface area contributed by atoms with Crippen LogP contribution in [-0.4, -0.2) is 22.5 Å². The van der Waals surface area contributed by atoms with Gasteiger partial charge in [0.05, 0.1) is 5.69 Å². The molecule has 2 heterocycles. The second kappa shape index (κ2) is 5.21. The number of hydrogen-bond acceptors (Lipinski definition) is 3. The van der Waals surface area contributed by atoms with Gasteiger partial charge >= 0.3 is 0 Å². The first-order chi connectivity index (χ1) is 8.81. The number of hydrogen-bond donors (Lipinski definition) is 0. The topological polar surface area (TPSA) is 20.5 Å². The molecule has 0 radical (unpaired) electrons. The first-order valence-corrected chi connectivity index (χ1v) is 8.54. The van der Waals surface area contributed by atoms with Gasteiger partial charge in [0.15, 0.2) is 10.8 Å². The summed E-state index contributed by atoms with van der Waals surface area (Å²) in [5.41, 5.74) is 1.28. The molecule has 0 aliphatic heterocycles. The van der Waals surface area contributed by atoms with Crippen molar-refractivity contribution in [2.45, 2.75) is 43.5 Å². The Bertz CT molecular complexity index is 527. The molecule has 1 saturated carbocycles. The summed E-state index contributed by atoms with van der Waals surface area (Å²) >= 11 is 5.31. The molecule has 3 nitrogen and oxygen atoms in total. The molecule has 2 aromatic heterocycles. The van der Waals surface area contributed by atoms with Crippen LogP contribution < -0.4 is 4.90 Å². The molecule has 3 rings (SSSR count). The fraction of sp³-hybridized carbons (Fsp3) is 0.615. The van der Waals surface area contributed by atoms with Crippen molar-refractivity contribution in [3.63, 3.8) is 0 Å². The maximum Gasteiger partial charge on any atom is 0.195 e. The molecule has 1 aliphatic carbocycles. The zero-order valence-electron chi connectivity index (χ0n) is 10.6. The second-order valence-electron chi connectivity index (χ2n) is 4.97. The largest absolute Gasteiger partial charge is 0.355 e. The summed E-state index contributed by atoms with van der Waals surface area (Å²) in [4.78, 5) is 8.29. The molecule has 18 heavy (non-hydrogen) atoms. The Balaban J connectivity index is 1.94. The molecular weight excluding hydrogens is 310 g/mol. The van der Waals surface area contributed by atoms with E-state index >= 15 is 0 Å². The molecule has 5 heteroatoms. The summed E-state index contributed by atoms with van der Waals surface area (Å²) < 4.78 is 2.20. The minimum absolute atomic E-state index is 0.668. The summed E-state index contributed by atoms with van der Waals surface area (Å²) in [5.74, 6) is 1.16. The summed E-state index contributed by atoms with van der Waals surface area (Å²) in [6.45, 7) is 0. The third-order valence-electron chi connectivity index (χ3n) is 3.92. The Morgan fingerprint density at radius 1 is 1.44 bits per heavy atom. The molecule has 0 N–H and O–H groups in total. The predicted octanol–water partition coefficient (Wildman–Crippen LogP) is 4.06. The van der Waals surface area contributed by atoms with Gasteiger partial charge in [-0.05, 0) is 12.8 Å². The highest BCUT2D eigenvalue weighted by atomic mass is 79.9. The van der Waals surface area contributed by atoms with Gasteiger partial charge in [-0.1, -0.05) is 35.2 Å². The summed E-state index contributed by atoms with van der Waals surface area (Å²) in [6, 6.07) is 0.668. The third-order valence-corrected chi connectivity index (χ3v) is 5.21. The molecule has 0 saturated heterocycles. The summed E-state index contributed by atoms with van der Waals surface area (Å²) in [5, 5.41) is 2.95. The Hall–Kier alpha value is -0.550. The van der Waals surface area contributed by atoms with Crippen molar-refractivity contribution in [3.05, 3.63) is 17.3 Å². The number of aromatic nitrogens is 2. The Morgan fingerprint density at radius 2 is 2.22 bits per heavy atom. The molecule has 1 fully saturated rings. The van der Waals surface area contributed by atoms with Crippen molar-refractivity contribution in [1.29, 1.82) is 0 Å². The third kappa shape index (κ3) is 2.07. The van der Waals surface area contributed by atoms with Crippen molar-refractivity contribution in [2.75, 3.05) is 11.9 Å². The van der Waals surface area contributed by atoms with Crippen LogP contribution in [0, 0.1) is 0 Å². The van der Waals surface area contributed by atoms with Crippen LogP contribution in [0.25, 0.3) is 4.96 Å². The monoisotopic (exact) mass is 327 g/mol. The van der Waals surface area contributed by atoms with Gasteiger partial charge in [-0.25, -0.2) is 4.98 Å². The van der Waals surface area contributed by atoms with Crippen molar-refractivity contribution in [1.82, 2.24) is 9.38 Å². The zero-order chi connectivity index (χ0) is 12.5. The van der Waals surface area contributed by atoms with Crippen LogP contribution in [0.4, 0.5) is 5.82 Å². The minimum Gasteiger partial charge on any atom is -0.355 e. The molecule has 0 amide bonds. The fourth-order valence-corrected chi connectivity index (χ4v) is 4.12. The van der Waals surface area contributed by atoms with Crippen molar-refractivity contribution < 1.29 is 0 Å². The number of thiazole rings is 1.